The normalized spacial score (nSPS) is 8.22. The molecule has 0 bridgehead atoms. The van der Waals surface area contributed by atoms with Gasteiger partial charge in [-0.25, -0.2) is 4.39 Å². The topological polar surface area (TPSA) is 0 Å². The minimum absolute atomic E-state index is 0. The fourth-order valence-electron chi connectivity index (χ4n) is 0.452. The van der Waals surface area contributed by atoms with Crippen LogP contribution in [0.1, 0.15) is 0 Å². The van der Waals surface area contributed by atoms with Crippen molar-refractivity contribution in [2.75, 3.05) is 0 Å². The first-order chi connectivity index (χ1) is 3.80. The van der Waals surface area contributed by atoms with E-state index in [0.29, 0.717) is 4.90 Å². The number of hydrogen-bond donors (Lipinski definition) is 1. The van der Waals surface area contributed by atoms with Gasteiger partial charge in [-0.05, 0) is 12.1 Å². The molecule has 0 atom stereocenters. The van der Waals surface area contributed by atoms with Crippen LogP contribution in [0.5, 0.6) is 0 Å². The second-order valence-corrected chi connectivity index (χ2v) is 1.93. The van der Waals surface area contributed by atoms with Crippen LogP contribution in [0.2, 0.25) is 0 Å². The molecule has 0 heterocycles. The molecule has 1 aromatic carbocycles. The van der Waals surface area contributed by atoms with Gasteiger partial charge in [0.25, 0.3) is 0 Å². The molecule has 44 valence electrons. The van der Waals surface area contributed by atoms with Gasteiger partial charge in [0.1, 0.15) is 5.82 Å². The van der Waals surface area contributed by atoms with Crippen LogP contribution >= 0.6 is 12.6 Å². The predicted octanol–water partition coefficient (Wildman–Crippen LogP) is 2.11. The Morgan fingerprint density at radius 1 is 1.22 bits per heavy atom. The summed E-state index contributed by atoms with van der Waals surface area (Å²) in [6.45, 7) is 0. The second kappa shape index (κ2) is 4.02. The molecule has 1 aromatic rings. The van der Waals surface area contributed by atoms with E-state index in [4.69, 9.17) is 0 Å². The number of thiol groups is 1. The summed E-state index contributed by atoms with van der Waals surface area (Å²) < 4.78 is 12.2. The van der Waals surface area contributed by atoms with E-state index in [2.05, 4.69) is 12.6 Å². The Bertz CT molecular complexity index is 169. The van der Waals surface area contributed by atoms with E-state index < -0.39 is 0 Å². The molecule has 0 fully saturated rings. The van der Waals surface area contributed by atoms with Crippen LogP contribution < -0.4 is 0 Å². The van der Waals surface area contributed by atoms with Gasteiger partial charge in [-0.2, -0.15) is 0 Å². The monoisotopic (exact) mass is 192 g/mol. The fourth-order valence-corrected chi connectivity index (χ4v) is 0.612. The van der Waals surface area contributed by atoms with Crippen LogP contribution in [-0.2, 0) is 19.5 Å². The Morgan fingerprint density at radius 2 is 1.78 bits per heavy atom. The smallest absolute Gasteiger partial charge is 0.136 e. The summed E-state index contributed by atoms with van der Waals surface area (Å²) in [4.78, 5) is 0.396. The first kappa shape index (κ1) is 9.12. The van der Waals surface area contributed by atoms with Crippen molar-refractivity contribution in [1.29, 1.82) is 0 Å². The van der Waals surface area contributed by atoms with E-state index in [1.807, 2.05) is 0 Å². The molecule has 0 unspecified atom stereocenters. The molecule has 0 aliphatic carbocycles. The van der Waals surface area contributed by atoms with E-state index in [9.17, 15) is 4.39 Å². The zero-order valence-corrected chi connectivity index (χ0v) is 8.70. The van der Waals surface area contributed by atoms with Crippen LogP contribution in [0.4, 0.5) is 4.39 Å². The first-order valence-electron chi connectivity index (χ1n) is 2.24. The Hall–Kier alpha value is 0.123. The van der Waals surface area contributed by atoms with E-state index in [0.717, 1.165) is 0 Å². The zero-order chi connectivity index (χ0) is 5.98. The van der Waals surface area contributed by atoms with Crippen LogP contribution in [-0.4, -0.2) is 0 Å². The van der Waals surface area contributed by atoms with Gasteiger partial charge in [0.15, 0.2) is 0 Å². The molecule has 0 saturated heterocycles. The van der Waals surface area contributed by atoms with E-state index >= 15 is 0 Å². The molecule has 0 amide bonds. The number of rotatable bonds is 0. The largest absolute Gasteiger partial charge is 0.206 e. The quantitative estimate of drug-likeness (QED) is 0.474. The second-order valence-electron chi connectivity index (χ2n) is 1.45. The molecule has 0 saturated carbocycles. The maximum Gasteiger partial charge on any atom is 0.136 e. The van der Waals surface area contributed by atoms with Gasteiger partial charge in [-0.1, -0.05) is 12.1 Å². The maximum absolute atomic E-state index is 12.2. The number of hydrogen-bond acceptors (Lipinski definition) is 1. The van der Waals surface area contributed by atoms with E-state index in [1.165, 1.54) is 6.07 Å². The molecule has 0 nitrogen and oxygen atoms in total. The van der Waals surface area contributed by atoms with Gasteiger partial charge in [0, 0.05) is 24.4 Å². The average molecular weight is 194 g/mol. The minimum atomic E-state index is -0.268. The van der Waals surface area contributed by atoms with Gasteiger partial charge in [0.05, 0.1) is 0 Å². The van der Waals surface area contributed by atoms with Crippen LogP contribution in [0.15, 0.2) is 29.2 Å². The van der Waals surface area contributed by atoms with Crippen molar-refractivity contribution in [2.24, 2.45) is 0 Å². The van der Waals surface area contributed by atoms with Crippen LogP contribution in [0.3, 0.4) is 0 Å². The summed E-state index contributed by atoms with van der Waals surface area (Å²) in [5.41, 5.74) is 0. The van der Waals surface area contributed by atoms with Gasteiger partial charge < -0.3 is 0 Å². The third-order valence-corrected chi connectivity index (χ3v) is 1.22. The third kappa shape index (κ3) is 2.46. The summed E-state index contributed by atoms with van der Waals surface area (Å²) in [6, 6.07) is 6.36. The summed E-state index contributed by atoms with van der Waals surface area (Å²) in [7, 11) is 0. The summed E-state index contributed by atoms with van der Waals surface area (Å²) in [5, 5.41) is 0. The van der Waals surface area contributed by atoms with Gasteiger partial charge in [0.2, 0.25) is 0 Å². The van der Waals surface area contributed by atoms with E-state index in [-0.39, 0.29) is 25.3 Å². The molecule has 0 spiro atoms. The Balaban J connectivity index is 0.000000640. The standard InChI is InChI=1S/C6H5FS.Zn/c7-5-3-1-2-4-6(5)8;/h1-4,8H;. The van der Waals surface area contributed by atoms with Crippen molar-refractivity contribution in [2.45, 2.75) is 4.90 Å². The molecule has 3 heteroatoms. The first-order valence-corrected chi connectivity index (χ1v) is 2.69. The third-order valence-electron chi connectivity index (χ3n) is 0.852. The van der Waals surface area contributed by atoms with Crippen molar-refractivity contribution in [3.63, 3.8) is 0 Å². The van der Waals surface area contributed by atoms with Crippen molar-refractivity contribution < 1.29 is 23.9 Å². The molecule has 9 heavy (non-hydrogen) atoms. The van der Waals surface area contributed by atoms with Gasteiger partial charge >= 0.3 is 0 Å². The molecule has 0 N–H and O–H groups in total. The molecule has 0 aromatic heterocycles. The SMILES string of the molecule is Fc1ccccc1S.[Zn]. The Labute approximate surface area is 71.6 Å². The van der Waals surface area contributed by atoms with Crippen LogP contribution in [0.25, 0.3) is 0 Å². The molecule has 0 aliphatic rings. The summed E-state index contributed by atoms with van der Waals surface area (Å²) in [5.74, 6) is -0.268. The van der Waals surface area contributed by atoms with Crippen molar-refractivity contribution in [1.82, 2.24) is 0 Å². The molecular formula is C6H5FSZn. The number of benzene rings is 1. The van der Waals surface area contributed by atoms with Crippen molar-refractivity contribution in [3.05, 3.63) is 30.1 Å². The van der Waals surface area contributed by atoms with Crippen molar-refractivity contribution in [3.8, 4) is 0 Å². The molecular weight excluding hydrogens is 189 g/mol. The number of halogens is 1. The van der Waals surface area contributed by atoms with Crippen LogP contribution in [0, 0.1) is 5.82 Å². The van der Waals surface area contributed by atoms with Crippen molar-refractivity contribution >= 4 is 12.6 Å². The van der Waals surface area contributed by atoms with Gasteiger partial charge in [-0.15, -0.1) is 12.6 Å². The van der Waals surface area contributed by atoms with Gasteiger partial charge in [-0.3, -0.25) is 0 Å². The maximum atomic E-state index is 12.2. The Morgan fingerprint density at radius 3 is 2.11 bits per heavy atom. The predicted molar refractivity (Wildman–Crippen MR) is 33.7 cm³/mol. The Kier molecular flexibility index (Phi) is 4.08. The zero-order valence-electron chi connectivity index (χ0n) is 4.84. The fraction of sp³-hybridized carbons (Fsp3) is 0. The molecule has 0 aliphatic heterocycles. The van der Waals surface area contributed by atoms with E-state index in [1.54, 1.807) is 18.2 Å². The molecule has 1 rings (SSSR count). The molecule has 0 radical (unpaired) electrons. The average Bonchev–Trinajstić information content (AvgIpc) is 1.77. The summed E-state index contributed by atoms with van der Waals surface area (Å²) >= 11 is 3.82. The summed E-state index contributed by atoms with van der Waals surface area (Å²) in [6.07, 6.45) is 0. The minimum Gasteiger partial charge on any atom is -0.206 e.